The number of carbonyl (C=O) groups is 3. The molecule has 0 aliphatic carbocycles. The van der Waals surface area contributed by atoms with E-state index >= 15 is 0 Å². The number of esters is 1. The molecule has 1 saturated heterocycles. The minimum atomic E-state index is -0.750. The van der Waals surface area contributed by atoms with Gasteiger partial charge in [0.1, 0.15) is 5.76 Å². The van der Waals surface area contributed by atoms with Crippen LogP contribution in [0, 0.1) is 13.8 Å². The lowest BCUT2D eigenvalue weighted by molar-refractivity contribution is -0.140. The molecule has 0 radical (unpaired) electrons. The summed E-state index contributed by atoms with van der Waals surface area (Å²) in [5.74, 6) is -2.00. The summed E-state index contributed by atoms with van der Waals surface area (Å²) in [7, 11) is 0. The van der Waals surface area contributed by atoms with Gasteiger partial charge in [0.2, 0.25) is 0 Å². The van der Waals surface area contributed by atoms with Crippen LogP contribution in [0.1, 0.15) is 57.6 Å². The van der Waals surface area contributed by atoms with E-state index < -0.39 is 23.7 Å². The SMILES string of the molecule is CCCOC(=O)c1ccc(CN2C(=O)C(=O)/C(=C(/O)c3ccc(C)cc3)C2c2cccc(C)c2)cc1. The third kappa shape index (κ3) is 5.08. The third-order valence-corrected chi connectivity index (χ3v) is 6.20. The molecule has 1 atom stereocenters. The zero-order valence-electron chi connectivity index (χ0n) is 20.7. The Labute approximate surface area is 210 Å². The first-order chi connectivity index (χ1) is 17.3. The number of benzene rings is 3. The molecule has 4 rings (SSSR count). The summed E-state index contributed by atoms with van der Waals surface area (Å²) in [5, 5.41) is 11.2. The van der Waals surface area contributed by atoms with Crippen molar-refractivity contribution in [3.8, 4) is 0 Å². The average Bonchev–Trinajstić information content (AvgIpc) is 3.12. The normalized spacial score (nSPS) is 16.9. The van der Waals surface area contributed by atoms with E-state index in [1.54, 1.807) is 36.4 Å². The fourth-order valence-corrected chi connectivity index (χ4v) is 4.32. The summed E-state index contributed by atoms with van der Waals surface area (Å²) in [6, 6.07) is 20.8. The first kappa shape index (κ1) is 24.9. The maximum Gasteiger partial charge on any atom is 0.338 e. The molecule has 0 spiro atoms. The quantitative estimate of drug-likeness (QED) is 0.208. The fraction of sp³-hybridized carbons (Fsp3) is 0.233. The molecule has 3 aromatic carbocycles. The van der Waals surface area contributed by atoms with Crippen molar-refractivity contribution >= 4 is 23.4 Å². The van der Waals surface area contributed by atoms with Crippen LogP contribution in [-0.4, -0.2) is 34.3 Å². The van der Waals surface area contributed by atoms with Gasteiger partial charge in [-0.05, 0) is 43.5 Å². The molecule has 1 heterocycles. The van der Waals surface area contributed by atoms with Gasteiger partial charge in [-0.3, -0.25) is 9.59 Å². The number of rotatable bonds is 7. The number of aryl methyl sites for hydroxylation is 2. The largest absolute Gasteiger partial charge is 0.507 e. The maximum atomic E-state index is 13.2. The summed E-state index contributed by atoms with van der Waals surface area (Å²) in [4.78, 5) is 40.1. The Hall–Kier alpha value is -4.19. The Morgan fingerprint density at radius 3 is 2.22 bits per heavy atom. The number of hydrogen-bond acceptors (Lipinski definition) is 5. The highest BCUT2D eigenvalue weighted by molar-refractivity contribution is 6.46. The minimum absolute atomic E-state index is 0.0641. The highest BCUT2D eigenvalue weighted by Crippen LogP contribution is 2.40. The molecular weight excluding hydrogens is 454 g/mol. The van der Waals surface area contributed by atoms with Gasteiger partial charge in [-0.2, -0.15) is 0 Å². The molecule has 1 amide bonds. The van der Waals surface area contributed by atoms with Crippen molar-refractivity contribution in [1.29, 1.82) is 0 Å². The molecule has 0 aromatic heterocycles. The summed E-state index contributed by atoms with van der Waals surface area (Å²) in [6.07, 6.45) is 0.737. The number of Topliss-reactive ketones (excluding diaryl/α,β-unsaturated/α-hetero) is 1. The van der Waals surface area contributed by atoms with Gasteiger partial charge in [0, 0.05) is 12.1 Å². The molecule has 1 aliphatic heterocycles. The molecule has 3 aromatic rings. The van der Waals surface area contributed by atoms with Crippen molar-refractivity contribution in [3.05, 3.63) is 112 Å². The first-order valence-electron chi connectivity index (χ1n) is 12.0. The summed E-state index contributed by atoms with van der Waals surface area (Å²) in [6.45, 7) is 6.28. The van der Waals surface area contributed by atoms with Gasteiger partial charge in [-0.25, -0.2) is 4.79 Å². The van der Waals surface area contributed by atoms with E-state index in [1.165, 1.54) is 4.90 Å². The van der Waals surface area contributed by atoms with Gasteiger partial charge in [-0.1, -0.05) is 78.7 Å². The molecule has 6 heteroatoms. The fourth-order valence-electron chi connectivity index (χ4n) is 4.32. The van der Waals surface area contributed by atoms with Crippen LogP contribution >= 0.6 is 0 Å². The van der Waals surface area contributed by atoms with Crippen molar-refractivity contribution in [2.45, 2.75) is 39.8 Å². The van der Waals surface area contributed by atoms with E-state index in [4.69, 9.17) is 4.74 Å². The minimum Gasteiger partial charge on any atom is -0.507 e. The third-order valence-electron chi connectivity index (χ3n) is 6.20. The van der Waals surface area contributed by atoms with E-state index in [0.29, 0.717) is 17.7 Å². The molecular formula is C30H29NO5. The molecule has 1 unspecified atom stereocenters. The van der Waals surface area contributed by atoms with E-state index in [2.05, 4.69) is 0 Å². The molecule has 6 nitrogen and oxygen atoms in total. The lowest BCUT2D eigenvalue weighted by Crippen LogP contribution is -2.29. The van der Waals surface area contributed by atoms with Crippen molar-refractivity contribution in [1.82, 2.24) is 4.90 Å². The second-order valence-corrected chi connectivity index (χ2v) is 9.04. The second kappa shape index (κ2) is 10.6. The van der Waals surface area contributed by atoms with Crippen LogP contribution in [0.5, 0.6) is 0 Å². The highest BCUT2D eigenvalue weighted by atomic mass is 16.5. The average molecular weight is 484 g/mol. The van der Waals surface area contributed by atoms with Gasteiger partial charge < -0.3 is 14.7 Å². The lowest BCUT2D eigenvalue weighted by Gasteiger charge is -2.26. The maximum absolute atomic E-state index is 13.2. The van der Waals surface area contributed by atoms with E-state index in [9.17, 15) is 19.5 Å². The van der Waals surface area contributed by atoms with Gasteiger partial charge in [0.05, 0.1) is 23.8 Å². The summed E-state index contributed by atoms with van der Waals surface area (Å²) >= 11 is 0. The van der Waals surface area contributed by atoms with Crippen LogP contribution in [-0.2, 0) is 20.9 Å². The highest BCUT2D eigenvalue weighted by Gasteiger charge is 2.46. The monoisotopic (exact) mass is 483 g/mol. The number of amides is 1. The topological polar surface area (TPSA) is 83.9 Å². The number of aliphatic hydroxyl groups excluding tert-OH is 1. The van der Waals surface area contributed by atoms with E-state index in [1.807, 2.05) is 57.2 Å². The van der Waals surface area contributed by atoms with Gasteiger partial charge in [0.25, 0.3) is 11.7 Å². The second-order valence-electron chi connectivity index (χ2n) is 9.04. The molecule has 0 saturated carbocycles. The van der Waals surface area contributed by atoms with Crippen molar-refractivity contribution in [2.75, 3.05) is 6.61 Å². The van der Waals surface area contributed by atoms with Crippen LogP contribution in [0.2, 0.25) is 0 Å². The first-order valence-corrected chi connectivity index (χ1v) is 12.0. The standard InChI is InChI=1S/C30H29NO5/c1-4-16-36-30(35)23-14-10-21(11-15-23)18-31-26(24-7-5-6-20(3)17-24)25(28(33)29(31)34)27(32)22-12-8-19(2)9-13-22/h5-15,17,26,32H,4,16,18H2,1-3H3/b27-25+. The smallest absolute Gasteiger partial charge is 0.338 e. The molecule has 184 valence electrons. The number of likely N-dealkylation sites (tertiary alicyclic amines) is 1. The van der Waals surface area contributed by atoms with Crippen molar-refractivity contribution in [2.24, 2.45) is 0 Å². The number of aliphatic hydroxyl groups is 1. The zero-order chi connectivity index (χ0) is 25.8. The number of ether oxygens (including phenoxy) is 1. The van der Waals surface area contributed by atoms with Gasteiger partial charge >= 0.3 is 5.97 Å². The molecule has 1 aliphatic rings. The number of carbonyl (C=O) groups excluding carboxylic acids is 3. The Bertz CT molecular complexity index is 1320. The molecule has 0 bridgehead atoms. The Morgan fingerprint density at radius 2 is 1.58 bits per heavy atom. The molecule has 1 fully saturated rings. The lowest BCUT2D eigenvalue weighted by atomic mass is 9.94. The van der Waals surface area contributed by atoms with Crippen LogP contribution in [0.15, 0.2) is 78.4 Å². The van der Waals surface area contributed by atoms with Crippen LogP contribution in [0.4, 0.5) is 0 Å². The van der Waals surface area contributed by atoms with E-state index in [0.717, 1.165) is 28.7 Å². The summed E-state index contributed by atoms with van der Waals surface area (Å²) < 4.78 is 5.18. The molecule has 1 N–H and O–H groups in total. The van der Waals surface area contributed by atoms with Crippen LogP contribution in [0.3, 0.4) is 0 Å². The Morgan fingerprint density at radius 1 is 0.917 bits per heavy atom. The predicted octanol–water partition coefficient (Wildman–Crippen LogP) is 5.49. The number of ketones is 1. The van der Waals surface area contributed by atoms with Crippen LogP contribution in [0.25, 0.3) is 5.76 Å². The number of hydrogen-bond donors (Lipinski definition) is 1. The summed E-state index contributed by atoms with van der Waals surface area (Å²) in [5.41, 5.74) is 4.44. The van der Waals surface area contributed by atoms with Gasteiger partial charge in [0.15, 0.2) is 0 Å². The van der Waals surface area contributed by atoms with Crippen molar-refractivity contribution < 1.29 is 24.2 Å². The zero-order valence-corrected chi connectivity index (χ0v) is 20.7. The number of nitrogens with zero attached hydrogens (tertiary/aromatic N) is 1. The van der Waals surface area contributed by atoms with Crippen LogP contribution < -0.4 is 0 Å². The Kier molecular flexibility index (Phi) is 7.34. The Balaban J connectivity index is 1.73. The predicted molar refractivity (Wildman–Crippen MR) is 137 cm³/mol. The molecule has 36 heavy (non-hydrogen) atoms. The van der Waals surface area contributed by atoms with Crippen molar-refractivity contribution in [3.63, 3.8) is 0 Å². The van der Waals surface area contributed by atoms with E-state index in [-0.39, 0.29) is 17.9 Å². The van der Waals surface area contributed by atoms with Gasteiger partial charge in [-0.15, -0.1) is 0 Å².